The number of amides is 3. The van der Waals surface area contributed by atoms with Crippen molar-refractivity contribution in [2.75, 3.05) is 32.7 Å². The summed E-state index contributed by atoms with van der Waals surface area (Å²) in [5.41, 5.74) is 4.29. The summed E-state index contributed by atoms with van der Waals surface area (Å²) in [5, 5.41) is 13.3. The number of hydrogen-bond donors (Lipinski definition) is 2. The molecule has 0 radical (unpaired) electrons. The van der Waals surface area contributed by atoms with Crippen LogP contribution in [0.2, 0.25) is 0 Å². The Labute approximate surface area is 233 Å². The van der Waals surface area contributed by atoms with Gasteiger partial charge in [-0.15, -0.1) is 11.3 Å². The number of aliphatic hydroxyl groups is 1. The number of thiazole rings is 1. The Morgan fingerprint density at radius 1 is 1.15 bits per heavy atom. The second-order valence-corrected chi connectivity index (χ2v) is 12.1. The van der Waals surface area contributed by atoms with Gasteiger partial charge in [-0.05, 0) is 45.7 Å². The van der Waals surface area contributed by atoms with Crippen LogP contribution < -0.4 is 5.32 Å². The molecule has 1 unspecified atom stereocenters. The van der Waals surface area contributed by atoms with Crippen molar-refractivity contribution in [3.05, 3.63) is 41.0 Å². The van der Waals surface area contributed by atoms with Gasteiger partial charge in [0.2, 0.25) is 11.8 Å². The van der Waals surface area contributed by atoms with Crippen LogP contribution in [0.15, 0.2) is 29.8 Å². The number of nitrogens with zero attached hydrogens (tertiary/aromatic N) is 4. The van der Waals surface area contributed by atoms with Gasteiger partial charge in [-0.1, -0.05) is 24.3 Å². The van der Waals surface area contributed by atoms with Gasteiger partial charge in [0.25, 0.3) is 0 Å². The number of likely N-dealkylation sites (tertiary alicyclic amines) is 1. The molecule has 2 N–H and O–H groups in total. The molecular weight excluding hydrogens is 518 g/mol. The van der Waals surface area contributed by atoms with Crippen molar-refractivity contribution < 1.29 is 24.2 Å². The lowest BCUT2D eigenvalue weighted by molar-refractivity contribution is -0.142. The molecule has 1 aromatic carbocycles. The average Bonchev–Trinajstić information content (AvgIpc) is 3.51. The zero-order valence-corrected chi connectivity index (χ0v) is 24.2. The summed E-state index contributed by atoms with van der Waals surface area (Å²) in [6.45, 7) is 11.7. The number of nitrogens with one attached hydrogen (secondary N) is 1. The summed E-state index contributed by atoms with van der Waals surface area (Å²) in [6, 6.07) is 6.77. The molecule has 0 aliphatic carbocycles. The molecule has 3 atom stereocenters. The summed E-state index contributed by atoms with van der Waals surface area (Å²) >= 11 is 1.59. The summed E-state index contributed by atoms with van der Waals surface area (Å²) in [5.74, 6) is -0.467. The van der Waals surface area contributed by atoms with Gasteiger partial charge >= 0.3 is 6.09 Å². The molecule has 0 bridgehead atoms. The molecule has 2 fully saturated rings. The maximum absolute atomic E-state index is 13.4. The number of aryl methyl sites for hydroxylation is 1. The highest BCUT2D eigenvalue weighted by Gasteiger charge is 2.41. The third-order valence-corrected chi connectivity index (χ3v) is 8.14. The number of carbonyl (C=O) groups excluding carboxylic acids is 3. The van der Waals surface area contributed by atoms with Crippen LogP contribution in [-0.4, -0.2) is 99.2 Å². The Kier molecular flexibility index (Phi) is 8.93. The number of β-amino-alcohol motifs (C(OH)–C–C–N with tert-alkyl or cyclic N) is 1. The Morgan fingerprint density at radius 2 is 1.82 bits per heavy atom. The van der Waals surface area contributed by atoms with E-state index in [9.17, 15) is 19.5 Å². The van der Waals surface area contributed by atoms with Gasteiger partial charge in [0.1, 0.15) is 11.6 Å². The third-order valence-electron chi connectivity index (χ3n) is 7.16. The van der Waals surface area contributed by atoms with Crippen LogP contribution in [0.25, 0.3) is 10.4 Å². The second kappa shape index (κ2) is 12.0. The van der Waals surface area contributed by atoms with Crippen LogP contribution >= 0.6 is 11.3 Å². The number of rotatable bonds is 6. The molecule has 11 heteroatoms. The van der Waals surface area contributed by atoms with E-state index in [0.717, 1.165) is 21.7 Å². The number of aliphatic hydroxyl groups excluding tert-OH is 1. The molecule has 4 rings (SSSR count). The van der Waals surface area contributed by atoms with Crippen molar-refractivity contribution in [2.24, 2.45) is 0 Å². The van der Waals surface area contributed by atoms with E-state index in [1.807, 2.05) is 69.3 Å². The first-order valence-corrected chi connectivity index (χ1v) is 14.3. The predicted octanol–water partition coefficient (Wildman–Crippen LogP) is 2.64. The van der Waals surface area contributed by atoms with E-state index in [4.69, 9.17) is 4.74 Å². The number of benzene rings is 1. The Bertz CT molecular complexity index is 1170. The predicted molar refractivity (Wildman–Crippen MR) is 149 cm³/mol. The summed E-state index contributed by atoms with van der Waals surface area (Å²) in [6.07, 6.45) is -0.892. The molecule has 212 valence electrons. The SMILES string of the molecule is Cc1ncsc1-c1ccc(CNC(=O)[C@@H]2C[C@@H](O)CN2C(=O)C(C)N2CCN(C(=O)OC(C)(C)C)CC2)cc1. The van der Waals surface area contributed by atoms with E-state index >= 15 is 0 Å². The maximum atomic E-state index is 13.4. The lowest BCUT2D eigenvalue weighted by Gasteiger charge is -2.39. The van der Waals surface area contributed by atoms with Crippen LogP contribution in [0.3, 0.4) is 0 Å². The maximum Gasteiger partial charge on any atom is 0.410 e. The first-order chi connectivity index (χ1) is 18.4. The number of aromatic nitrogens is 1. The van der Waals surface area contributed by atoms with Gasteiger partial charge in [0.05, 0.1) is 28.2 Å². The van der Waals surface area contributed by atoms with E-state index in [1.165, 1.54) is 4.90 Å². The molecule has 39 heavy (non-hydrogen) atoms. The van der Waals surface area contributed by atoms with Gasteiger partial charge < -0.3 is 25.0 Å². The van der Waals surface area contributed by atoms with E-state index < -0.39 is 23.8 Å². The second-order valence-electron chi connectivity index (χ2n) is 11.3. The molecular formula is C28H39N5O5S. The average molecular weight is 558 g/mol. The molecule has 0 saturated carbocycles. The minimum atomic E-state index is -0.747. The van der Waals surface area contributed by atoms with Crippen molar-refractivity contribution in [1.82, 2.24) is 25.0 Å². The molecule has 3 heterocycles. The van der Waals surface area contributed by atoms with Crippen molar-refractivity contribution in [3.8, 4) is 10.4 Å². The van der Waals surface area contributed by atoms with Gasteiger partial charge in [-0.2, -0.15) is 0 Å². The summed E-state index contributed by atoms with van der Waals surface area (Å²) in [7, 11) is 0. The molecule has 1 aromatic heterocycles. The molecule has 2 saturated heterocycles. The molecule has 10 nitrogen and oxygen atoms in total. The Morgan fingerprint density at radius 3 is 2.41 bits per heavy atom. The molecule has 2 aromatic rings. The van der Waals surface area contributed by atoms with Crippen LogP contribution in [0.1, 0.15) is 45.4 Å². The van der Waals surface area contributed by atoms with E-state index in [2.05, 4.69) is 10.3 Å². The minimum absolute atomic E-state index is 0.127. The fraction of sp³-hybridized carbons (Fsp3) is 0.571. The number of hydrogen-bond acceptors (Lipinski definition) is 8. The highest BCUT2D eigenvalue weighted by molar-refractivity contribution is 7.13. The van der Waals surface area contributed by atoms with E-state index in [-0.39, 0.29) is 30.9 Å². The van der Waals surface area contributed by atoms with Gasteiger partial charge in [-0.3, -0.25) is 14.5 Å². The molecule has 2 aliphatic rings. The van der Waals surface area contributed by atoms with Crippen LogP contribution in [0, 0.1) is 6.92 Å². The minimum Gasteiger partial charge on any atom is -0.444 e. The zero-order valence-electron chi connectivity index (χ0n) is 23.3. The van der Waals surface area contributed by atoms with Crippen molar-refractivity contribution in [2.45, 2.75) is 71.4 Å². The van der Waals surface area contributed by atoms with Gasteiger partial charge in [0, 0.05) is 45.7 Å². The van der Waals surface area contributed by atoms with Crippen molar-refractivity contribution in [3.63, 3.8) is 0 Å². The highest BCUT2D eigenvalue weighted by Crippen LogP contribution is 2.27. The van der Waals surface area contributed by atoms with E-state index in [0.29, 0.717) is 32.7 Å². The van der Waals surface area contributed by atoms with Crippen LogP contribution in [0.4, 0.5) is 4.79 Å². The quantitative estimate of drug-likeness (QED) is 0.561. The molecule has 2 aliphatic heterocycles. The fourth-order valence-corrected chi connectivity index (χ4v) is 5.79. The Balaban J connectivity index is 1.31. The standard InChI is InChI=1S/C28H39N5O5S/c1-18-24(39-17-30-18)21-8-6-20(7-9-21)15-29-25(35)23-14-22(34)16-33(23)26(36)19(2)31-10-12-32(13-11-31)27(37)38-28(3,4)5/h6-9,17,19,22-23,34H,10-16H2,1-5H3,(H,29,35)/t19?,22-,23+/m1/s1. The van der Waals surface area contributed by atoms with Gasteiger partial charge in [-0.25, -0.2) is 9.78 Å². The fourth-order valence-electron chi connectivity index (χ4n) is 4.98. The number of piperazine rings is 1. The lowest BCUT2D eigenvalue weighted by Crippen LogP contribution is -2.57. The van der Waals surface area contributed by atoms with Crippen LogP contribution in [-0.2, 0) is 20.9 Å². The summed E-state index contributed by atoms with van der Waals surface area (Å²) in [4.78, 5) is 49.5. The Hall–Kier alpha value is -3.02. The normalized spacial score (nSPS) is 21.1. The first-order valence-electron chi connectivity index (χ1n) is 13.4. The van der Waals surface area contributed by atoms with Crippen molar-refractivity contribution in [1.29, 1.82) is 0 Å². The molecule has 0 spiro atoms. The van der Waals surface area contributed by atoms with Gasteiger partial charge in [0.15, 0.2) is 0 Å². The smallest absolute Gasteiger partial charge is 0.410 e. The summed E-state index contributed by atoms with van der Waals surface area (Å²) < 4.78 is 5.46. The van der Waals surface area contributed by atoms with Crippen LogP contribution in [0.5, 0.6) is 0 Å². The highest BCUT2D eigenvalue weighted by atomic mass is 32.1. The topological polar surface area (TPSA) is 115 Å². The van der Waals surface area contributed by atoms with E-state index in [1.54, 1.807) is 16.2 Å². The lowest BCUT2D eigenvalue weighted by atomic mass is 10.1. The largest absolute Gasteiger partial charge is 0.444 e. The monoisotopic (exact) mass is 557 g/mol. The zero-order chi connectivity index (χ0) is 28.3. The van der Waals surface area contributed by atoms with Crippen molar-refractivity contribution >= 4 is 29.2 Å². The third kappa shape index (κ3) is 7.14. The molecule has 3 amide bonds. The number of ether oxygens (including phenoxy) is 1. The number of carbonyl (C=O) groups is 3. The first kappa shape index (κ1) is 29.0.